The summed E-state index contributed by atoms with van der Waals surface area (Å²) in [6, 6.07) is 4.11. The molecule has 0 saturated carbocycles. The quantitative estimate of drug-likeness (QED) is 0.888. The number of aliphatic hydroxyl groups is 1. The SMILES string of the molecule is CC(NCC1(O)CCOC1C)c1ccc(Cl)s1. The van der Waals surface area contributed by atoms with Crippen LogP contribution in [0.5, 0.6) is 0 Å². The zero-order valence-electron chi connectivity index (χ0n) is 10.1. The Morgan fingerprint density at radius 3 is 3.00 bits per heavy atom. The summed E-state index contributed by atoms with van der Waals surface area (Å²) in [7, 11) is 0. The van der Waals surface area contributed by atoms with Crippen molar-refractivity contribution >= 4 is 22.9 Å². The van der Waals surface area contributed by atoms with Crippen molar-refractivity contribution in [1.29, 1.82) is 0 Å². The molecule has 0 amide bonds. The molecule has 1 aliphatic heterocycles. The summed E-state index contributed by atoms with van der Waals surface area (Å²) in [4.78, 5) is 1.19. The van der Waals surface area contributed by atoms with Gasteiger partial charge in [-0.25, -0.2) is 0 Å². The molecule has 0 spiro atoms. The second kappa shape index (κ2) is 5.24. The number of nitrogens with one attached hydrogen (secondary N) is 1. The van der Waals surface area contributed by atoms with Gasteiger partial charge in [-0.1, -0.05) is 11.6 Å². The third kappa shape index (κ3) is 3.01. The zero-order chi connectivity index (χ0) is 12.5. The molecule has 5 heteroatoms. The highest BCUT2D eigenvalue weighted by atomic mass is 35.5. The minimum absolute atomic E-state index is 0.103. The van der Waals surface area contributed by atoms with Crippen molar-refractivity contribution in [1.82, 2.24) is 5.32 Å². The van der Waals surface area contributed by atoms with Crippen molar-refractivity contribution in [3.63, 3.8) is 0 Å². The van der Waals surface area contributed by atoms with E-state index in [0.717, 1.165) is 4.34 Å². The molecule has 1 fully saturated rings. The second-order valence-electron chi connectivity index (χ2n) is 4.61. The van der Waals surface area contributed by atoms with Gasteiger partial charge in [0, 0.05) is 30.5 Å². The van der Waals surface area contributed by atoms with E-state index in [1.165, 1.54) is 4.88 Å². The number of rotatable bonds is 4. The molecular weight excluding hydrogens is 258 g/mol. The van der Waals surface area contributed by atoms with Crippen molar-refractivity contribution in [3.8, 4) is 0 Å². The van der Waals surface area contributed by atoms with E-state index in [-0.39, 0.29) is 12.1 Å². The van der Waals surface area contributed by atoms with Gasteiger partial charge < -0.3 is 15.2 Å². The summed E-state index contributed by atoms with van der Waals surface area (Å²) in [6.07, 6.45) is 0.591. The van der Waals surface area contributed by atoms with Gasteiger partial charge in [0.25, 0.3) is 0 Å². The number of halogens is 1. The summed E-state index contributed by atoms with van der Waals surface area (Å²) in [5, 5.41) is 13.7. The summed E-state index contributed by atoms with van der Waals surface area (Å²) in [6.45, 7) is 5.18. The molecule has 17 heavy (non-hydrogen) atoms. The first-order valence-electron chi connectivity index (χ1n) is 5.84. The summed E-state index contributed by atoms with van der Waals surface area (Å²) >= 11 is 7.47. The van der Waals surface area contributed by atoms with E-state index in [1.54, 1.807) is 11.3 Å². The van der Waals surface area contributed by atoms with Gasteiger partial charge >= 0.3 is 0 Å². The molecule has 1 aromatic heterocycles. The molecule has 2 N–H and O–H groups in total. The van der Waals surface area contributed by atoms with E-state index in [2.05, 4.69) is 12.2 Å². The van der Waals surface area contributed by atoms with Crippen LogP contribution in [-0.2, 0) is 4.74 Å². The highest BCUT2D eigenvalue weighted by Crippen LogP contribution is 2.29. The van der Waals surface area contributed by atoms with Crippen LogP contribution < -0.4 is 5.32 Å². The van der Waals surface area contributed by atoms with Gasteiger partial charge in [0.15, 0.2) is 0 Å². The Labute approximate surface area is 111 Å². The molecule has 1 aromatic rings. The Hall–Kier alpha value is -0.130. The van der Waals surface area contributed by atoms with E-state index in [4.69, 9.17) is 16.3 Å². The van der Waals surface area contributed by atoms with Crippen LogP contribution in [0.2, 0.25) is 4.34 Å². The highest BCUT2D eigenvalue weighted by Gasteiger charge is 2.39. The molecular formula is C12H18ClNO2S. The molecule has 2 rings (SSSR count). The Morgan fingerprint density at radius 1 is 1.71 bits per heavy atom. The number of hydrogen-bond donors (Lipinski definition) is 2. The number of ether oxygens (including phenoxy) is 1. The minimum atomic E-state index is -0.741. The molecule has 96 valence electrons. The maximum Gasteiger partial charge on any atom is 0.105 e. The molecule has 0 bridgehead atoms. The fourth-order valence-corrected chi connectivity index (χ4v) is 3.08. The van der Waals surface area contributed by atoms with E-state index in [9.17, 15) is 5.11 Å². The predicted octanol–water partition coefficient (Wildman–Crippen LogP) is 2.59. The third-order valence-corrected chi connectivity index (χ3v) is 4.81. The molecule has 3 unspecified atom stereocenters. The fraction of sp³-hybridized carbons (Fsp3) is 0.667. The molecule has 0 aromatic carbocycles. The molecule has 3 nitrogen and oxygen atoms in total. The first-order chi connectivity index (χ1) is 8.01. The monoisotopic (exact) mass is 275 g/mol. The lowest BCUT2D eigenvalue weighted by molar-refractivity contribution is -0.0273. The van der Waals surface area contributed by atoms with Gasteiger partial charge in [-0.15, -0.1) is 11.3 Å². The van der Waals surface area contributed by atoms with E-state index in [0.29, 0.717) is 19.6 Å². The molecule has 3 atom stereocenters. The number of hydrogen-bond acceptors (Lipinski definition) is 4. The fourth-order valence-electron chi connectivity index (χ4n) is 1.99. The first-order valence-corrected chi connectivity index (χ1v) is 7.03. The van der Waals surface area contributed by atoms with Crippen LogP contribution in [-0.4, -0.2) is 30.0 Å². The zero-order valence-corrected chi connectivity index (χ0v) is 11.6. The lowest BCUT2D eigenvalue weighted by atomic mass is 9.96. The van der Waals surface area contributed by atoms with Crippen LogP contribution >= 0.6 is 22.9 Å². The summed E-state index contributed by atoms with van der Waals surface area (Å²) in [5.74, 6) is 0. The normalized spacial score (nSPS) is 30.7. The molecule has 0 aliphatic carbocycles. The van der Waals surface area contributed by atoms with Crippen molar-refractivity contribution in [2.75, 3.05) is 13.2 Å². The Bertz CT molecular complexity index is 384. The van der Waals surface area contributed by atoms with Gasteiger partial charge in [-0.2, -0.15) is 0 Å². The average molecular weight is 276 g/mol. The Kier molecular flexibility index (Phi) is 4.10. The first kappa shape index (κ1) is 13.3. The minimum Gasteiger partial charge on any atom is -0.386 e. The molecule has 1 aliphatic rings. The van der Waals surface area contributed by atoms with Crippen molar-refractivity contribution < 1.29 is 9.84 Å². The lowest BCUT2D eigenvalue weighted by Gasteiger charge is -2.28. The maximum absolute atomic E-state index is 10.4. The Balaban J connectivity index is 1.90. The van der Waals surface area contributed by atoms with Crippen LogP contribution in [0.25, 0.3) is 0 Å². The molecule has 1 saturated heterocycles. The molecule has 2 heterocycles. The predicted molar refractivity (Wildman–Crippen MR) is 70.7 cm³/mol. The summed E-state index contributed by atoms with van der Waals surface area (Å²) in [5.41, 5.74) is -0.741. The largest absolute Gasteiger partial charge is 0.386 e. The van der Waals surface area contributed by atoms with E-state index in [1.807, 2.05) is 19.1 Å². The van der Waals surface area contributed by atoms with Crippen LogP contribution in [0, 0.1) is 0 Å². The van der Waals surface area contributed by atoms with E-state index >= 15 is 0 Å². The van der Waals surface area contributed by atoms with Gasteiger partial charge in [0.2, 0.25) is 0 Å². The number of thiophene rings is 1. The van der Waals surface area contributed by atoms with Gasteiger partial charge in [0.05, 0.1) is 10.4 Å². The molecule has 0 radical (unpaired) electrons. The van der Waals surface area contributed by atoms with Crippen molar-refractivity contribution in [2.45, 2.75) is 38.0 Å². The third-order valence-electron chi connectivity index (χ3n) is 3.39. The van der Waals surface area contributed by atoms with Crippen LogP contribution in [0.3, 0.4) is 0 Å². The average Bonchev–Trinajstić information content (AvgIpc) is 2.84. The smallest absolute Gasteiger partial charge is 0.105 e. The maximum atomic E-state index is 10.4. The van der Waals surface area contributed by atoms with Crippen molar-refractivity contribution in [3.05, 3.63) is 21.3 Å². The summed E-state index contributed by atoms with van der Waals surface area (Å²) < 4.78 is 6.20. The highest BCUT2D eigenvalue weighted by molar-refractivity contribution is 7.16. The van der Waals surface area contributed by atoms with Crippen molar-refractivity contribution in [2.24, 2.45) is 0 Å². The van der Waals surface area contributed by atoms with Gasteiger partial charge in [-0.05, 0) is 26.0 Å². The standard InChI is InChI=1S/C12H18ClNO2S/c1-8(10-3-4-11(13)17-10)14-7-12(15)5-6-16-9(12)2/h3-4,8-9,14-15H,5-7H2,1-2H3. The second-order valence-corrected chi connectivity index (χ2v) is 6.36. The van der Waals surface area contributed by atoms with Crippen LogP contribution in [0.15, 0.2) is 12.1 Å². The Morgan fingerprint density at radius 2 is 2.47 bits per heavy atom. The van der Waals surface area contributed by atoms with Gasteiger partial charge in [-0.3, -0.25) is 0 Å². The van der Waals surface area contributed by atoms with Gasteiger partial charge in [0.1, 0.15) is 5.60 Å². The lowest BCUT2D eigenvalue weighted by Crippen LogP contribution is -2.46. The van der Waals surface area contributed by atoms with Crippen LogP contribution in [0.4, 0.5) is 0 Å². The van der Waals surface area contributed by atoms with E-state index < -0.39 is 5.60 Å². The van der Waals surface area contributed by atoms with Crippen LogP contribution in [0.1, 0.15) is 31.2 Å². The topological polar surface area (TPSA) is 41.5 Å².